The number of rotatable bonds is 4. The van der Waals surface area contributed by atoms with Crippen LogP contribution < -0.4 is 10.6 Å². The Balaban J connectivity index is 2.22. The number of non-ortho nitro benzene ring substituents is 1. The van der Waals surface area contributed by atoms with E-state index < -0.39 is 16.7 Å². The van der Waals surface area contributed by atoms with Crippen LogP contribution in [0.25, 0.3) is 0 Å². The van der Waals surface area contributed by atoms with Gasteiger partial charge >= 0.3 is 0 Å². The fraction of sp³-hybridized carbons (Fsp3) is 0.154. The number of carbonyl (C=O) groups is 2. The number of nitro groups is 1. The molecule has 0 unspecified atom stereocenters. The SMILES string of the molecule is CNC(=O)c1nn(C)cc1NC(=O)c1ccc([N+](=O)[O-])cc1. The van der Waals surface area contributed by atoms with Gasteiger partial charge in [0.1, 0.15) is 0 Å². The van der Waals surface area contributed by atoms with Gasteiger partial charge in [-0.2, -0.15) is 5.10 Å². The minimum Gasteiger partial charge on any atom is -0.354 e. The van der Waals surface area contributed by atoms with E-state index in [1.165, 1.54) is 42.2 Å². The summed E-state index contributed by atoms with van der Waals surface area (Å²) in [5, 5.41) is 19.5. The molecule has 0 atom stereocenters. The lowest BCUT2D eigenvalue weighted by Crippen LogP contribution is -2.21. The number of carbonyl (C=O) groups excluding carboxylic acids is 2. The fourth-order valence-electron chi connectivity index (χ4n) is 1.80. The molecule has 0 aliphatic carbocycles. The first-order valence-electron chi connectivity index (χ1n) is 6.24. The highest BCUT2D eigenvalue weighted by Crippen LogP contribution is 2.16. The Kier molecular flexibility index (Phi) is 4.16. The minimum atomic E-state index is -0.549. The standard InChI is InChI=1S/C13H13N5O4/c1-14-13(20)11-10(7-17(2)16-11)15-12(19)8-3-5-9(6-4-8)18(21)22/h3-7H,1-2H3,(H,14,20)(H,15,19). The molecule has 0 radical (unpaired) electrons. The average molecular weight is 303 g/mol. The number of nitrogens with zero attached hydrogens (tertiary/aromatic N) is 3. The zero-order valence-corrected chi connectivity index (χ0v) is 11.9. The van der Waals surface area contributed by atoms with E-state index in [9.17, 15) is 19.7 Å². The Bertz CT molecular complexity index is 735. The Hall–Kier alpha value is -3.23. The molecule has 0 spiro atoms. The molecule has 2 aromatic rings. The summed E-state index contributed by atoms with van der Waals surface area (Å²) in [7, 11) is 3.08. The third-order valence-electron chi connectivity index (χ3n) is 2.86. The number of benzene rings is 1. The van der Waals surface area contributed by atoms with Crippen molar-refractivity contribution in [2.45, 2.75) is 0 Å². The highest BCUT2D eigenvalue weighted by Gasteiger charge is 2.18. The molecule has 9 nitrogen and oxygen atoms in total. The number of aryl methyl sites for hydroxylation is 1. The van der Waals surface area contributed by atoms with Crippen molar-refractivity contribution in [3.05, 3.63) is 51.8 Å². The molecule has 1 aromatic heterocycles. The lowest BCUT2D eigenvalue weighted by atomic mass is 10.2. The van der Waals surface area contributed by atoms with Gasteiger partial charge in [0.25, 0.3) is 17.5 Å². The second-order valence-corrected chi connectivity index (χ2v) is 4.40. The van der Waals surface area contributed by atoms with Crippen LogP contribution in [-0.2, 0) is 7.05 Å². The highest BCUT2D eigenvalue weighted by atomic mass is 16.6. The van der Waals surface area contributed by atoms with Gasteiger partial charge in [-0.05, 0) is 12.1 Å². The molecule has 2 rings (SSSR count). The maximum atomic E-state index is 12.1. The molecule has 0 saturated heterocycles. The van der Waals surface area contributed by atoms with Crippen molar-refractivity contribution >= 4 is 23.2 Å². The van der Waals surface area contributed by atoms with Gasteiger partial charge in [-0.25, -0.2) is 0 Å². The lowest BCUT2D eigenvalue weighted by molar-refractivity contribution is -0.384. The average Bonchev–Trinajstić information content (AvgIpc) is 2.87. The number of amides is 2. The Morgan fingerprint density at radius 2 is 1.86 bits per heavy atom. The number of nitro benzene ring substituents is 1. The first-order valence-corrected chi connectivity index (χ1v) is 6.24. The Labute approximate surface area is 125 Å². The van der Waals surface area contributed by atoms with Crippen molar-refractivity contribution in [1.29, 1.82) is 0 Å². The molecule has 0 fully saturated rings. The second-order valence-electron chi connectivity index (χ2n) is 4.40. The minimum absolute atomic E-state index is 0.0836. The van der Waals surface area contributed by atoms with Gasteiger partial charge < -0.3 is 10.6 Å². The predicted molar refractivity (Wildman–Crippen MR) is 77.6 cm³/mol. The van der Waals surface area contributed by atoms with Crippen LogP contribution in [-0.4, -0.2) is 33.6 Å². The molecule has 1 heterocycles. The quantitative estimate of drug-likeness (QED) is 0.643. The number of nitrogens with one attached hydrogen (secondary N) is 2. The van der Waals surface area contributed by atoms with E-state index in [0.717, 1.165) is 0 Å². The maximum absolute atomic E-state index is 12.1. The molecule has 0 aliphatic rings. The van der Waals surface area contributed by atoms with Gasteiger partial charge in [0, 0.05) is 38.0 Å². The van der Waals surface area contributed by atoms with E-state index in [2.05, 4.69) is 15.7 Å². The van der Waals surface area contributed by atoms with Crippen molar-refractivity contribution in [2.75, 3.05) is 12.4 Å². The van der Waals surface area contributed by atoms with Gasteiger partial charge in [-0.15, -0.1) is 0 Å². The molecular weight excluding hydrogens is 290 g/mol. The summed E-state index contributed by atoms with van der Waals surface area (Å²) in [5.41, 5.74) is 0.465. The Morgan fingerprint density at radius 3 is 2.41 bits per heavy atom. The summed E-state index contributed by atoms with van der Waals surface area (Å²) in [6.45, 7) is 0. The number of hydrogen-bond donors (Lipinski definition) is 2. The summed E-state index contributed by atoms with van der Waals surface area (Å²) < 4.78 is 1.40. The topological polar surface area (TPSA) is 119 Å². The summed E-state index contributed by atoms with van der Waals surface area (Å²) in [4.78, 5) is 33.8. The van der Waals surface area contributed by atoms with Gasteiger partial charge in [-0.3, -0.25) is 24.4 Å². The number of anilines is 1. The summed E-state index contributed by atoms with van der Waals surface area (Å²) in [6.07, 6.45) is 1.49. The van der Waals surface area contributed by atoms with E-state index in [4.69, 9.17) is 0 Å². The molecule has 2 N–H and O–H groups in total. The third-order valence-corrected chi connectivity index (χ3v) is 2.86. The smallest absolute Gasteiger partial charge is 0.273 e. The lowest BCUT2D eigenvalue weighted by Gasteiger charge is -2.04. The van der Waals surface area contributed by atoms with Gasteiger partial charge in [0.05, 0.1) is 10.6 Å². The van der Waals surface area contributed by atoms with Gasteiger partial charge in [0.2, 0.25) is 0 Å². The van der Waals surface area contributed by atoms with Crippen LogP contribution in [0.2, 0.25) is 0 Å². The van der Waals surface area contributed by atoms with E-state index >= 15 is 0 Å². The van der Waals surface area contributed by atoms with E-state index in [-0.39, 0.29) is 22.6 Å². The molecule has 1 aromatic carbocycles. The zero-order chi connectivity index (χ0) is 16.3. The van der Waals surface area contributed by atoms with Crippen molar-refractivity contribution in [1.82, 2.24) is 15.1 Å². The van der Waals surface area contributed by atoms with E-state index in [1.807, 2.05) is 0 Å². The van der Waals surface area contributed by atoms with E-state index in [0.29, 0.717) is 0 Å². The van der Waals surface area contributed by atoms with Crippen molar-refractivity contribution in [3.8, 4) is 0 Å². The van der Waals surface area contributed by atoms with Crippen LogP contribution in [0, 0.1) is 10.1 Å². The van der Waals surface area contributed by atoms with Crippen molar-refractivity contribution < 1.29 is 14.5 Å². The first-order chi connectivity index (χ1) is 10.4. The molecule has 22 heavy (non-hydrogen) atoms. The molecular formula is C13H13N5O4. The molecule has 2 amide bonds. The Morgan fingerprint density at radius 1 is 1.23 bits per heavy atom. The monoisotopic (exact) mass is 303 g/mol. The largest absolute Gasteiger partial charge is 0.354 e. The van der Waals surface area contributed by atoms with Crippen LogP contribution in [0.15, 0.2) is 30.5 Å². The van der Waals surface area contributed by atoms with Gasteiger partial charge in [0.15, 0.2) is 5.69 Å². The molecule has 9 heteroatoms. The maximum Gasteiger partial charge on any atom is 0.273 e. The fourth-order valence-corrected chi connectivity index (χ4v) is 1.80. The van der Waals surface area contributed by atoms with Crippen LogP contribution in [0.5, 0.6) is 0 Å². The number of aromatic nitrogens is 2. The molecule has 0 bridgehead atoms. The molecule has 0 saturated carbocycles. The number of hydrogen-bond acceptors (Lipinski definition) is 5. The van der Waals surface area contributed by atoms with Crippen molar-refractivity contribution in [2.24, 2.45) is 7.05 Å². The van der Waals surface area contributed by atoms with Crippen LogP contribution in [0.1, 0.15) is 20.8 Å². The second kappa shape index (κ2) is 6.04. The van der Waals surface area contributed by atoms with E-state index in [1.54, 1.807) is 7.05 Å². The summed E-state index contributed by atoms with van der Waals surface area (Å²) in [5.74, 6) is -0.923. The first kappa shape index (κ1) is 15.2. The van der Waals surface area contributed by atoms with Crippen LogP contribution in [0.4, 0.5) is 11.4 Å². The van der Waals surface area contributed by atoms with Crippen molar-refractivity contribution in [3.63, 3.8) is 0 Å². The summed E-state index contributed by atoms with van der Waals surface area (Å²) >= 11 is 0. The predicted octanol–water partition coefficient (Wildman–Crippen LogP) is 0.940. The molecule has 0 aliphatic heterocycles. The van der Waals surface area contributed by atoms with Crippen LogP contribution in [0.3, 0.4) is 0 Å². The molecule has 114 valence electrons. The van der Waals surface area contributed by atoms with Crippen LogP contribution >= 0.6 is 0 Å². The van der Waals surface area contributed by atoms with Gasteiger partial charge in [-0.1, -0.05) is 0 Å². The zero-order valence-electron chi connectivity index (χ0n) is 11.9. The third kappa shape index (κ3) is 3.08. The highest BCUT2D eigenvalue weighted by molar-refractivity contribution is 6.08. The normalized spacial score (nSPS) is 10.1. The summed E-state index contributed by atoms with van der Waals surface area (Å²) in [6, 6.07) is 5.14.